The predicted octanol–water partition coefficient (Wildman–Crippen LogP) is 3.19. The molecule has 0 unspecified atom stereocenters. The summed E-state index contributed by atoms with van der Waals surface area (Å²) >= 11 is 0. The standard InChI is InChI=1S/C26H33N3O4/c1-25(2,3)15-28-23(31)19-6-5-18(13-21(19)30)24(32)29-10-8-26(9-11-29)16-33-22-7-4-17(14-27)12-20(22)26/h4-7,12-13,30H,8-11,14-16,27H2,1-3H3,(H,28,31). The van der Waals surface area contributed by atoms with E-state index in [1.807, 2.05) is 37.8 Å². The van der Waals surface area contributed by atoms with Crippen molar-refractivity contribution in [1.82, 2.24) is 10.2 Å². The Kier molecular flexibility index (Phi) is 6.10. The Labute approximate surface area is 194 Å². The number of piperidine rings is 1. The lowest BCUT2D eigenvalue weighted by atomic mass is 9.74. The smallest absolute Gasteiger partial charge is 0.255 e. The number of fused-ring (bicyclic) bond motifs is 2. The Hall–Kier alpha value is -3.06. The van der Waals surface area contributed by atoms with Gasteiger partial charge in [0.2, 0.25) is 0 Å². The molecular weight excluding hydrogens is 418 g/mol. The normalized spacial score (nSPS) is 16.9. The Bertz CT molecular complexity index is 1070. The molecule has 0 aromatic heterocycles. The van der Waals surface area contributed by atoms with Crippen molar-refractivity contribution in [1.29, 1.82) is 0 Å². The molecule has 2 aliphatic rings. The summed E-state index contributed by atoms with van der Waals surface area (Å²) < 4.78 is 5.95. The monoisotopic (exact) mass is 451 g/mol. The minimum atomic E-state index is -0.349. The van der Waals surface area contributed by atoms with Gasteiger partial charge < -0.3 is 25.8 Å². The fourth-order valence-corrected chi connectivity index (χ4v) is 4.57. The number of phenols is 1. The Morgan fingerprint density at radius 3 is 2.52 bits per heavy atom. The van der Waals surface area contributed by atoms with Crippen LogP contribution < -0.4 is 15.8 Å². The fourth-order valence-electron chi connectivity index (χ4n) is 4.57. The van der Waals surface area contributed by atoms with Crippen LogP contribution in [0.15, 0.2) is 36.4 Å². The zero-order valence-electron chi connectivity index (χ0n) is 19.6. The molecule has 2 amide bonds. The molecule has 176 valence electrons. The van der Waals surface area contributed by atoms with Crippen LogP contribution in [-0.4, -0.2) is 48.1 Å². The Morgan fingerprint density at radius 1 is 1.15 bits per heavy atom. The summed E-state index contributed by atoms with van der Waals surface area (Å²) in [5.41, 5.74) is 8.50. The van der Waals surface area contributed by atoms with E-state index in [9.17, 15) is 14.7 Å². The van der Waals surface area contributed by atoms with Crippen molar-refractivity contribution in [3.63, 3.8) is 0 Å². The first-order chi connectivity index (χ1) is 15.6. The molecule has 0 saturated carbocycles. The van der Waals surface area contributed by atoms with Gasteiger partial charge in [-0.3, -0.25) is 9.59 Å². The molecule has 2 aromatic rings. The number of nitrogens with one attached hydrogen (secondary N) is 1. The number of nitrogens with two attached hydrogens (primary N) is 1. The fraction of sp³-hybridized carbons (Fsp3) is 0.462. The van der Waals surface area contributed by atoms with Gasteiger partial charge in [-0.1, -0.05) is 32.9 Å². The van der Waals surface area contributed by atoms with Crippen molar-refractivity contribution < 1.29 is 19.4 Å². The first-order valence-electron chi connectivity index (χ1n) is 11.5. The van der Waals surface area contributed by atoms with Crippen LogP contribution in [0.4, 0.5) is 0 Å². The van der Waals surface area contributed by atoms with Gasteiger partial charge in [0.25, 0.3) is 11.8 Å². The van der Waals surface area contributed by atoms with E-state index in [-0.39, 0.29) is 34.0 Å². The number of benzene rings is 2. The van der Waals surface area contributed by atoms with Gasteiger partial charge in [0, 0.05) is 42.7 Å². The summed E-state index contributed by atoms with van der Waals surface area (Å²) in [6.07, 6.45) is 1.61. The van der Waals surface area contributed by atoms with Crippen molar-refractivity contribution >= 4 is 11.8 Å². The average Bonchev–Trinajstić information content (AvgIpc) is 3.14. The van der Waals surface area contributed by atoms with Crippen LogP contribution in [-0.2, 0) is 12.0 Å². The van der Waals surface area contributed by atoms with Crippen molar-refractivity contribution in [3.8, 4) is 11.5 Å². The van der Waals surface area contributed by atoms with Gasteiger partial charge in [0.1, 0.15) is 11.5 Å². The quantitative estimate of drug-likeness (QED) is 0.662. The highest BCUT2D eigenvalue weighted by atomic mass is 16.5. The lowest BCUT2D eigenvalue weighted by molar-refractivity contribution is 0.0645. The summed E-state index contributed by atoms with van der Waals surface area (Å²) in [4.78, 5) is 27.3. The van der Waals surface area contributed by atoms with E-state index in [1.165, 1.54) is 17.7 Å². The van der Waals surface area contributed by atoms with Crippen LogP contribution in [0.1, 0.15) is 65.5 Å². The number of likely N-dealkylation sites (tertiary alicyclic amines) is 1. The number of aromatic hydroxyl groups is 1. The van der Waals surface area contributed by atoms with Crippen LogP contribution in [0, 0.1) is 5.41 Å². The average molecular weight is 452 g/mol. The number of phenolic OH excluding ortho intramolecular Hbond substituents is 1. The van der Waals surface area contributed by atoms with E-state index in [4.69, 9.17) is 10.5 Å². The van der Waals surface area contributed by atoms with E-state index in [0.29, 0.717) is 38.3 Å². The maximum absolute atomic E-state index is 13.1. The molecule has 0 atom stereocenters. The van der Waals surface area contributed by atoms with Crippen LogP contribution in [0.25, 0.3) is 0 Å². The van der Waals surface area contributed by atoms with Gasteiger partial charge in [0.05, 0.1) is 12.2 Å². The third-order valence-corrected chi connectivity index (χ3v) is 6.63. The topological polar surface area (TPSA) is 105 Å². The number of nitrogens with zero attached hydrogens (tertiary/aromatic N) is 1. The van der Waals surface area contributed by atoms with Gasteiger partial charge in [-0.25, -0.2) is 0 Å². The molecule has 0 aliphatic carbocycles. The number of amides is 2. The minimum absolute atomic E-state index is 0.0659. The van der Waals surface area contributed by atoms with E-state index in [0.717, 1.165) is 24.2 Å². The molecule has 2 heterocycles. The summed E-state index contributed by atoms with van der Waals surface area (Å²) in [5, 5.41) is 13.2. The summed E-state index contributed by atoms with van der Waals surface area (Å²) in [7, 11) is 0. The van der Waals surface area contributed by atoms with E-state index < -0.39 is 0 Å². The molecule has 4 rings (SSSR count). The molecule has 2 aromatic carbocycles. The van der Waals surface area contributed by atoms with Crippen molar-refractivity contribution in [2.45, 2.75) is 45.6 Å². The third-order valence-electron chi connectivity index (χ3n) is 6.63. The van der Waals surface area contributed by atoms with Gasteiger partial charge >= 0.3 is 0 Å². The van der Waals surface area contributed by atoms with E-state index >= 15 is 0 Å². The number of hydrogen-bond donors (Lipinski definition) is 3. The summed E-state index contributed by atoms with van der Waals surface area (Å²) in [6, 6.07) is 10.6. The van der Waals surface area contributed by atoms with Gasteiger partial charge in [-0.05, 0) is 48.1 Å². The predicted molar refractivity (Wildman–Crippen MR) is 127 cm³/mol. The SMILES string of the molecule is CC(C)(C)CNC(=O)c1ccc(C(=O)N2CCC3(CC2)COc2ccc(CN)cc23)cc1O. The molecule has 7 heteroatoms. The highest BCUT2D eigenvalue weighted by Crippen LogP contribution is 2.46. The number of rotatable bonds is 4. The lowest BCUT2D eigenvalue weighted by Gasteiger charge is -2.38. The number of carbonyl (C=O) groups excluding carboxylic acids is 2. The second-order valence-electron chi connectivity index (χ2n) is 10.4. The van der Waals surface area contributed by atoms with Gasteiger partial charge in [0.15, 0.2) is 0 Å². The maximum Gasteiger partial charge on any atom is 0.255 e. The molecule has 1 fully saturated rings. The molecule has 0 bridgehead atoms. The van der Waals surface area contributed by atoms with Crippen molar-refractivity contribution in [2.75, 3.05) is 26.2 Å². The molecule has 1 spiro atoms. The molecule has 7 nitrogen and oxygen atoms in total. The zero-order chi connectivity index (χ0) is 23.8. The molecule has 0 radical (unpaired) electrons. The van der Waals surface area contributed by atoms with Crippen LogP contribution in [0.2, 0.25) is 0 Å². The second-order valence-corrected chi connectivity index (χ2v) is 10.4. The second kappa shape index (κ2) is 8.71. The maximum atomic E-state index is 13.1. The Morgan fingerprint density at radius 2 is 1.88 bits per heavy atom. The number of ether oxygens (including phenoxy) is 1. The highest BCUT2D eigenvalue weighted by molar-refractivity contribution is 6.00. The van der Waals surface area contributed by atoms with E-state index in [2.05, 4.69) is 11.4 Å². The minimum Gasteiger partial charge on any atom is -0.507 e. The van der Waals surface area contributed by atoms with Gasteiger partial charge in [-0.15, -0.1) is 0 Å². The third kappa shape index (κ3) is 4.69. The number of carbonyl (C=O) groups is 2. The van der Waals surface area contributed by atoms with Gasteiger partial charge in [-0.2, -0.15) is 0 Å². The molecule has 2 aliphatic heterocycles. The molecule has 1 saturated heterocycles. The Balaban J connectivity index is 1.43. The lowest BCUT2D eigenvalue weighted by Crippen LogP contribution is -2.46. The van der Waals surface area contributed by atoms with E-state index in [1.54, 1.807) is 6.07 Å². The molecular formula is C26H33N3O4. The van der Waals surface area contributed by atoms with Crippen molar-refractivity contribution in [3.05, 3.63) is 58.7 Å². The van der Waals surface area contributed by atoms with Crippen LogP contribution in [0.3, 0.4) is 0 Å². The zero-order valence-corrected chi connectivity index (χ0v) is 19.6. The molecule has 4 N–H and O–H groups in total. The summed E-state index contributed by atoms with van der Waals surface area (Å²) in [6.45, 7) is 8.85. The van der Waals surface area contributed by atoms with Crippen LogP contribution >= 0.6 is 0 Å². The highest BCUT2D eigenvalue weighted by Gasteiger charge is 2.44. The van der Waals surface area contributed by atoms with Crippen LogP contribution in [0.5, 0.6) is 11.5 Å². The number of hydrogen-bond acceptors (Lipinski definition) is 5. The van der Waals surface area contributed by atoms with Crippen molar-refractivity contribution in [2.24, 2.45) is 11.1 Å². The molecule has 33 heavy (non-hydrogen) atoms. The first-order valence-corrected chi connectivity index (χ1v) is 11.5. The summed E-state index contributed by atoms with van der Waals surface area (Å²) in [5.74, 6) is 0.236. The first kappa shape index (κ1) is 23.1. The largest absolute Gasteiger partial charge is 0.507 e.